The van der Waals surface area contributed by atoms with Crippen molar-refractivity contribution in [1.82, 2.24) is 25.7 Å². The fourth-order valence-corrected chi connectivity index (χ4v) is 5.21. The largest absolute Gasteiger partial charge is 0.506 e. The zero-order chi connectivity index (χ0) is 31.9. The second kappa shape index (κ2) is 13.9. The van der Waals surface area contributed by atoms with Gasteiger partial charge in [0.2, 0.25) is 0 Å². The number of carbonyl (C=O) groups is 1. The third-order valence-corrected chi connectivity index (χ3v) is 7.73. The molecular formula is C32H26ClFN8O3. The summed E-state index contributed by atoms with van der Waals surface area (Å²) in [7, 11) is 0. The minimum atomic E-state index is -0.709. The first-order valence-corrected chi connectivity index (χ1v) is 14.2. The Morgan fingerprint density at radius 3 is 2.44 bits per heavy atom. The SMILES string of the molecule is N#Cc1ccc(-c2c(-c3ccc(Cl)c(O)c3)cnc(N3CCC(NCc4cnc(/C=C/C(=O)NO)nc4)CC3)c2C#N)cc1F. The summed E-state index contributed by atoms with van der Waals surface area (Å²) < 4.78 is 14.8. The van der Waals surface area contributed by atoms with Crippen molar-refractivity contribution in [2.45, 2.75) is 25.4 Å². The van der Waals surface area contributed by atoms with Crippen LogP contribution in [-0.2, 0) is 11.3 Å². The van der Waals surface area contributed by atoms with Gasteiger partial charge in [0.1, 0.15) is 35.1 Å². The van der Waals surface area contributed by atoms with Crippen molar-refractivity contribution in [2.24, 2.45) is 0 Å². The summed E-state index contributed by atoms with van der Waals surface area (Å²) in [5.41, 5.74) is 4.37. The Morgan fingerprint density at radius 2 is 1.80 bits per heavy atom. The fourth-order valence-electron chi connectivity index (χ4n) is 5.09. The molecule has 2 aromatic carbocycles. The van der Waals surface area contributed by atoms with Crippen molar-refractivity contribution in [2.75, 3.05) is 18.0 Å². The number of hydrogen-bond donors (Lipinski definition) is 4. The summed E-state index contributed by atoms with van der Waals surface area (Å²) in [6.07, 6.45) is 8.95. The van der Waals surface area contributed by atoms with Crippen molar-refractivity contribution in [3.8, 4) is 40.1 Å². The lowest BCUT2D eigenvalue weighted by atomic mass is 9.91. The third kappa shape index (κ3) is 7.06. The second-order valence-corrected chi connectivity index (χ2v) is 10.6. The van der Waals surface area contributed by atoms with Gasteiger partial charge in [-0.1, -0.05) is 23.7 Å². The molecule has 0 atom stereocenters. The second-order valence-electron chi connectivity index (χ2n) is 10.2. The summed E-state index contributed by atoms with van der Waals surface area (Å²) in [6, 6.07) is 13.2. The number of nitrogens with zero attached hydrogens (tertiary/aromatic N) is 6. The Labute approximate surface area is 262 Å². The molecule has 1 amide bonds. The summed E-state index contributed by atoms with van der Waals surface area (Å²) in [5, 5.41) is 42.1. The van der Waals surface area contributed by atoms with Crippen LogP contribution in [0.4, 0.5) is 10.2 Å². The van der Waals surface area contributed by atoms with Gasteiger partial charge in [0.15, 0.2) is 5.82 Å². The predicted octanol–water partition coefficient (Wildman–Crippen LogP) is 4.72. The van der Waals surface area contributed by atoms with Crippen LogP contribution in [0.15, 0.2) is 61.1 Å². The number of halogens is 2. The molecule has 1 aliphatic rings. The highest BCUT2D eigenvalue weighted by atomic mass is 35.5. The van der Waals surface area contributed by atoms with E-state index < -0.39 is 11.7 Å². The number of phenols is 1. The molecule has 0 aliphatic carbocycles. The standard InChI is InChI=1S/C32H26ClFN8O3/c33-26-4-3-20(12-28(26)43)25-18-40-32(24(14-36)31(25)21-1-2-22(13-35)27(34)11-21)42-9-7-23(8-10-42)37-15-19-16-38-29(39-17-19)5-6-30(44)41-45/h1-6,11-12,16-18,23,37,43,45H,7-10,15H2,(H,41,44)/b6-5+. The van der Waals surface area contributed by atoms with Gasteiger partial charge in [-0.05, 0) is 54.3 Å². The lowest BCUT2D eigenvalue weighted by Crippen LogP contribution is -2.43. The van der Waals surface area contributed by atoms with Gasteiger partial charge in [0.05, 0.1) is 10.6 Å². The maximum atomic E-state index is 14.8. The van der Waals surface area contributed by atoms with E-state index in [-0.39, 0.29) is 27.9 Å². The molecule has 0 saturated carbocycles. The van der Waals surface area contributed by atoms with Crippen LogP contribution in [0.1, 0.15) is 35.4 Å². The molecule has 13 heteroatoms. The molecule has 4 aromatic rings. The number of piperidine rings is 1. The molecule has 0 spiro atoms. The van der Waals surface area contributed by atoms with Crippen LogP contribution in [0, 0.1) is 28.5 Å². The van der Waals surface area contributed by atoms with Crippen LogP contribution in [0.2, 0.25) is 5.02 Å². The van der Waals surface area contributed by atoms with Crippen LogP contribution in [0.25, 0.3) is 28.3 Å². The van der Waals surface area contributed by atoms with Crippen LogP contribution < -0.4 is 15.7 Å². The number of amides is 1. The van der Waals surface area contributed by atoms with Crippen LogP contribution in [0.3, 0.4) is 0 Å². The Morgan fingerprint density at radius 1 is 1.07 bits per heavy atom. The van der Waals surface area contributed by atoms with Crippen molar-refractivity contribution in [1.29, 1.82) is 10.5 Å². The van der Waals surface area contributed by atoms with E-state index in [1.165, 1.54) is 35.8 Å². The van der Waals surface area contributed by atoms with Gasteiger partial charge in [0.25, 0.3) is 5.91 Å². The minimum Gasteiger partial charge on any atom is -0.506 e. The van der Waals surface area contributed by atoms with Crippen molar-refractivity contribution in [3.63, 3.8) is 0 Å². The Hall–Kier alpha value is -5.40. The molecule has 2 aromatic heterocycles. The summed E-state index contributed by atoms with van der Waals surface area (Å²) in [6.45, 7) is 1.74. The molecule has 5 rings (SSSR count). The molecule has 11 nitrogen and oxygen atoms in total. The molecule has 1 saturated heterocycles. The molecule has 1 aliphatic heterocycles. The Balaban J connectivity index is 1.36. The predicted molar refractivity (Wildman–Crippen MR) is 164 cm³/mol. The third-order valence-electron chi connectivity index (χ3n) is 7.41. The van der Waals surface area contributed by atoms with Gasteiger partial charge in [-0.3, -0.25) is 10.0 Å². The van der Waals surface area contributed by atoms with E-state index in [0.29, 0.717) is 53.5 Å². The lowest BCUT2D eigenvalue weighted by Gasteiger charge is -2.34. The smallest absolute Gasteiger partial charge is 0.267 e. The average molecular weight is 625 g/mol. The van der Waals surface area contributed by atoms with E-state index in [9.17, 15) is 24.8 Å². The number of hydroxylamine groups is 1. The fraction of sp³-hybridized carbons (Fsp3) is 0.188. The number of rotatable bonds is 8. The normalized spacial score (nSPS) is 13.4. The topological polar surface area (TPSA) is 171 Å². The number of aromatic hydroxyl groups is 1. The van der Waals surface area contributed by atoms with E-state index in [0.717, 1.165) is 24.5 Å². The van der Waals surface area contributed by atoms with Crippen molar-refractivity contribution >= 4 is 29.4 Å². The van der Waals surface area contributed by atoms with Gasteiger partial charge < -0.3 is 15.3 Å². The number of pyridine rings is 1. The molecule has 1 fully saturated rings. The van der Waals surface area contributed by atoms with Gasteiger partial charge in [0, 0.05) is 67.0 Å². The Kier molecular flexibility index (Phi) is 9.61. The molecule has 45 heavy (non-hydrogen) atoms. The quantitative estimate of drug-likeness (QED) is 0.122. The molecule has 0 radical (unpaired) electrons. The van der Waals surface area contributed by atoms with E-state index in [2.05, 4.69) is 26.3 Å². The highest BCUT2D eigenvalue weighted by molar-refractivity contribution is 6.32. The molecule has 0 unspecified atom stereocenters. The molecule has 4 N–H and O–H groups in total. The van der Waals surface area contributed by atoms with E-state index >= 15 is 0 Å². The van der Waals surface area contributed by atoms with Gasteiger partial charge >= 0.3 is 0 Å². The molecule has 226 valence electrons. The minimum absolute atomic E-state index is 0.113. The number of anilines is 1. The number of nitriles is 2. The summed E-state index contributed by atoms with van der Waals surface area (Å²) >= 11 is 6.03. The maximum Gasteiger partial charge on any atom is 0.267 e. The Bertz CT molecular complexity index is 1850. The first-order valence-electron chi connectivity index (χ1n) is 13.8. The monoisotopic (exact) mass is 624 g/mol. The van der Waals surface area contributed by atoms with Gasteiger partial charge in [-0.2, -0.15) is 10.5 Å². The molecule has 3 heterocycles. The summed E-state index contributed by atoms with van der Waals surface area (Å²) in [4.78, 5) is 26.2. The first kappa shape index (κ1) is 31.0. The van der Waals surface area contributed by atoms with E-state index in [1.54, 1.807) is 30.7 Å². The lowest BCUT2D eigenvalue weighted by molar-refractivity contribution is -0.124. The highest BCUT2D eigenvalue weighted by Crippen LogP contribution is 2.41. The van der Waals surface area contributed by atoms with E-state index in [4.69, 9.17) is 16.8 Å². The average Bonchev–Trinajstić information content (AvgIpc) is 3.07. The van der Waals surface area contributed by atoms with Crippen molar-refractivity contribution < 1.29 is 19.5 Å². The maximum absolute atomic E-state index is 14.8. The van der Waals surface area contributed by atoms with Crippen LogP contribution in [0.5, 0.6) is 5.75 Å². The number of nitrogens with one attached hydrogen (secondary N) is 2. The van der Waals surface area contributed by atoms with Crippen LogP contribution >= 0.6 is 11.6 Å². The molecular weight excluding hydrogens is 599 g/mol. The summed E-state index contributed by atoms with van der Waals surface area (Å²) in [5.74, 6) is -0.734. The number of carbonyl (C=O) groups excluding carboxylic acids is 1. The zero-order valence-corrected chi connectivity index (χ0v) is 24.5. The van der Waals surface area contributed by atoms with Gasteiger partial charge in [-0.25, -0.2) is 24.8 Å². The van der Waals surface area contributed by atoms with E-state index in [1.807, 2.05) is 11.0 Å². The van der Waals surface area contributed by atoms with Crippen LogP contribution in [-0.4, -0.2) is 50.3 Å². The number of aromatic nitrogens is 3. The molecule has 0 bridgehead atoms. The number of benzene rings is 2. The van der Waals surface area contributed by atoms with Crippen molar-refractivity contribution in [3.05, 3.63) is 94.4 Å². The number of phenolic OH excluding ortho intramolecular Hbond substituents is 1. The first-order chi connectivity index (χ1) is 21.8. The highest BCUT2D eigenvalue weighted by Gasteiger charge is 2.26. The zero-order valence-electron chi connectivity index (χ0n) is 23.7. The van der Waals surface area contributed by atoms with Gasteiger partial charge in [-0.15, -0.1) is 0 Å². The number of hydrogen-bond acceptors (Lipinski definition) is 10.